The molecular formula is C14H22N2O2. The Labute approximate surface area is 109 Å². The number of carbonyl (C=O) groups is 1. The molecule has 0 saturated carbocycles. The predicted octanol–water partition coefficient (Wildman–Crippen LogP) is 2.00. The first-order valence-corrected chi connectivity index (χ1v) is 6.36. The fourth-order valence-electron chi connectivity index (χ4n) is 1.59. The Morgan fingerprint density at radius 1 is 1.39 bits per heavy atom. The molecule has 0 saturated heterocycles. The van der Waals surface area contributed by atoms with Crippen molar-refractivity contribution in [3.05, 3.63) is 29.8 Å². The summed E-state index contributed by atoms with van der Waals surface area (Å²) in [6.07, 6.45) is 2.14. The number of carbonyl (C=O) groups excluding carboxylic acids is 1. The van der Waals surface area contributed by atoms with E-state index in [0.717, 1.165) is 24.2 Å². The molecule has 1 aromatic carbocycles. The second-order valence-corrected chi connectivity index (χ2v) is 4.21. The van der Waals surface area contributed by atoms with Crippen LogP contribution in [-0.2, 0) is 4.79 Å². The summed E-state index contributed by atoms with van der Waals surface area (Å²) in [6.45, 7) is 2.61. The van der Waals surface area contributed by atoms with Gasteiger partial charge in [0.1, 0.15) is 5.75 Å². The van der Waals surface area contributed by atoms with Gasteiger partial charge in [0.15, 0.2) is 0 Å². The van der Waals surface area contributed by atoms with Gasteiger partial charge >= 0.3 is 0 Å². The van der Waals surface area contributed by atoms with Crippen molar-refractivity contribution in [2.45, 2.75) is 32.2 Å². The van der Waals surface area contributed by atoms with Crippen LogP contribution in [0.15, 0.2) is 24.3 Å². The fraction of sp³-hybridized carbons (Fsp3) is 0.500. The molecular weight excluding hydrogens is 228 g/mol. The van der Waals surface area contributed by atoms with Crippen molar-refractivity contribution in [3.8, 4) is 5.75 Å². The lowest BCUT2D eigenvalue weighted by Gasteiger charge is -2.10. The van der Waals surface area contributed by atoms with Crippen LogP contribution in [0.2, 0.25) is 0 Å². The molecule has 0 aromatic heterocycles. The molecule has 4 nitrogen and oxygen atoms in total. The van der Waals surface area contributed by atoms with E-state index in [1.807, 2.05) is 24.3 Å². The van der Waals surface area contributed by atoms with Crippen molar-refractivity contribution >= 4 is 5.91 Å². The van der Waals surface area contributed by atoms with Crippen LogP contribution in [0.5, 0.6) is 5.75 Å². The van der Waals surface area contributed by atoms with Gasteiger partial charge in [-0.1, -0.05) is 19.1 Å². The zero-order valence-electron chi connectivity index (χ0n) is 11.1. The second kappa shape index (κ2) is 7.71. The molecule has 0 unspecified atom stereocenters. The lowest BCUT2D eigenvalue weighted by molar-refractivity contribution is -0.120. The molecule has 0 fully saturated rings. The van der Waals surface area contributed by atoms with E-state index in [0.29, 0.717) is 13.0 Å². The highest BCUT2D eigenvalue weighted by molar-refractivity contribution is 5.75. The number of nitrogens with two attached hydrogens (primary N) is 1. The van der Waals surface area contributed by atoms with Gasteiger partial charge in [-0.05, 0) is 30.5 Å². The van der Waals surface area contributed by atoms with Gasteiger partial charge in [-0.3, -0.25) is 4.79 Å². The van der Waals surface area contributed by atoms with Gasteiger partial charge < -0.3 is 15.8 Å². The van der Waals surface area contributed by atoms with Gasteiger partial charge in [0, 0.05) is 19.5 Å². The van der Waals surface area contributed by atoms with Crippen LogP contribution in [0, 0.1) is 0 Å². The van der Waals surface area contributed by atoms with Gasteiger partial charge in [0.2, 0.25) is 5.91 Å². The fourth-order valence-corrected chi connectivity index (χ4v) is 1.59. The van der Waals surface area contributed by atoms with Crippen molar-refractivity contribution in [2.75, 3.05) is 13.7 Å². The molecule has 1 aromatic rings. The van der Waals surface area contributed by atoms with Gasteiger partial charge in [0.05, 0.1) is 6.61 Å². The zero-order chi connectivity index (χ0) is 13.4. The van der Waals surface area contributed by atoms with Crippen LogP contribution in [-0.4, -0.2) is 19.6 Å². The molecule has 4 heteroatoms. The Morgan fingerprint density at radius 3 is 2.61 bits per heavy atom. The minimum absolute atomic E-state index is 0.0443. The van der Waals surface area contributed by atoms with E-state index in [2.05, 4.69) is 12.2 Å². The molecule has 0 aliphatic carbocycles. The average molecular weight is 250 g/mol. The molecule has 0 bridgehead atoms. The maximum atomic E-state index is 11.0. The van der Waals surface area contributed by atoms with Gasteiger partial charge in [-0.25, -0.2) is 0 Å². The van der Waals surface area contributed by atoms with E-state index in [1.165, 1.54) is 0 Å². The number of nitrogens with one attached hydrogen (secondary N) is 1. The monoisotopic (exact) mass is 250 g/mol. The third-order valence-electron chi connectivity index (χ3n) is 2.84. The molecule has 0 aliphatic rings. The standard InChI is InChI=1S/C14H22N2O2/c1-3-13(15)11-6-8-12(9-7-11)18-10-4-5-14(17)16-2/h6-9,13H,3-5,10,15H2,1-2H3,(H,16,17)/t13-/m0/s1. The maximum absolute atomic E-state index is 11.0. The highest BCUT2D eigenvalue weighted by atomic mass is 16.5. The molecule has 1 atom stereocenters. The normalized spacial score (nSPS) is 11.9. The first-order valence-electron chi connectivity index (χ1n) is 6.36. The summed E-state index contributed by atoms with van der Waals surface area (Å²) in [7, 11) is 1.64. The van der Waals surface area contributed by atoms with Crippen molar-refractivity contribution < 1.29 is 9.53 Å². The largest absolute Gasteiger partial charge is 0.494 e. The number of amides is 1. The van der Waals surface area contributed by atoms with Crippen molar-refractivity contribution in [3.63, 3.8) is 0 Å². The molecule has 18 heavy (non-hydrogen) atoms. The molecule has 0 radical (unpaired) electrons. The van der Waals surface area contributed by atoms with E-state index < -0.39 is 0 Å². The van der Waals surface area contributed by atoms with Crippen LogP contribution in [0.4, 0.5) is 0 Å². The summed E-state index contributed by atoms with van der Waals surface area (Å²) in [4.78, 5) is 11.0. The molecule has 100 valence electrons. The molecule has 1 amide bonds. The Morgan fingerprint density at radius 2 is 2.06 bits per heavy atom. The predicted molar refractivity (Wildman–Crippen MR) is 72.5 cm³/mol. The molecule has 3 N–H and O–H groups in total. The van der Waals surface area contributed by atoms with Crippen molar-refractivity contribution in [2.24, 2.45) is 5.73 Å². The Balaban J connectivity index is 2.33. The lowest BCUT2D eigenvalue weighted by Crippen LogP contribution is -2.18. The first kappa shape index (κ1) is 14.5. The Kier molecular flexibility index (Phi) is 6.22. The topological polar surface area (TPSA) is 64.3 Å². The number of benzene rings is 1. The molecule has 1 rings (SSSR count). The average Bonchev–Trinajstić information content (AvgIpc) is 2.43. The Bertz CT molecular complexity index is 363. The summed E-state index contributed by atoms with van der Waals surface area (Å²) in [5.74, 6) is 0.863. The van der Waals surface area contributed by atoms with Crippen LogP contribution in [0.1, 0.15) is 37.8 Å². The molecule has 0 spiro atoms. The summed E-state index contributed by atoms with van der Waals surface area (Å²) < 4.78 is 5.55. The van der Waals surface area contributed by atoms with Crippen LogP contribution in [0.3, 0.4) is 0 Å². The SMILES string of the molecule is CC[C@H](N)c1ccc(OCCCC(=O)NC)cc1. The van der Waals surface area contributed by atoms with Gasteiger partial charge in [-0.15, -0.1) is 0 Å². The second-order valence-electron chi connectivity index (χ2n) is 4.21. The highest BCUT2D eigenvalue weighted by Gasteiger charge is 2.03. The van der Waals surface area contributed by atoms with Crippen LogP contribution >= 0.6 is 0 Å². The Hall–Kier alpha value is -1.55. The number of ether oxygens (including phenoxy) is 1. The lowest BCUT2D eigenvalue weighted by atomic mass is 10.1. The summed E-state index contributed by atoms with van der Waals surface area (Å²) in [5, 5.41) is 2.58. The number of hydrogen-bond acceptors (Lipinski definition) is 3. The quantitative estimate of drug-likeness (QED) is 0.727. The van der Waals surface area contributed by atoms with Crippen LogP contribution in [0.25, 0.3) is 0 Å². The summed E-state index contributed by atoms with van der Waals surface area (Å²) >= 11 is 0. The summed E-state index contributed by atoms with van der Waals surface area (Å²) in [5.41, 5.74) is 7.05. The summed E-state index contributed by atoms with van der Waals surface area (Å²) in [6, 6.07) is 7.91. The van der Waals surface area contributed by atoms with Gasteiger partial charge in [-0.2, -0.15) is 0 Å². The van der Waals surface area contributed by atoms with Crippen molar-refractivity contribution in [1.29, 1.82) is 0 Å². The number of rotatable bonds is 7. The smallest absolute Gasteiger partial charge is 0.219 e. The minimum Gasteiger partial charge on any atom is -0.494 e. The van der Waals surface area contributed by atoms with E-state index in [4.69, 9.17) is 10.5 Å². The maximum Gasteiger partial charge on any atom is 0.219 e. The third-order valence-corrected chi connectivity index (χ3v) is 2.84. The van der Waals surface area contributed by atoms with E-state index in [9.17, 15) is 4.79 Å². The van der Waals surface area contributed by atoms with E-state index in [1.54, 1.807) is 7.05 Å². The molecule has 0 heterocycles. The third kappa shape index (κ3) is 4.75. The zero-order valence-corrected chi connectivity index (χ0v) is 11.1. The first-order chi connectivity index (χ1) is 8.67. The van der Waals surface area contributed by atoms with Crippen molar-refractivity contribution in [1.82, 2.24) is 5.32 Å². The van der Waals surface area contributed by atoms with Crippen LogP contribution < -0.4 is 15.8 Å². The number of hydrogen-bond donors (Lipinski definition) is 2. The van der Waals surface area contributed by atoms with Gasteiger partial charge in [0.25, 0.3) is 0 Å². The minimum atomic E-state index is 0.0443. The highest BCUT2D eigenvalue weighted by Crippen LogP contribution is 2.18. The molecule has 0 aliphatic heterocycles. The van der Waals surface area contributed by atoms with E-state index in [-0.39, 0.29) is 11.9 Å². The van der Waals surface area contributed by atoms with E-state index >= 15 is 0 Å².